The summed E-state index contributed by atoms with van der Waals surface area (Å²) in [6, 6.07) is 9.90. The van der Waals surface area contributed by atoms with Gasteiger partial charge in [-0.3, -0.25) is 4.79 Å². The number of carbonyl (C=O) groups is 1. The van der Waals surface area contributed by atoms with Crippen molar-refractivity contribution in [3.8, 4) is 10.6 Å². The molecule has 0 aliphatic carbocycles. The number of likely N-dealkylation sites (tertiary alicyclic amines) is 1. The smallest absolute Gasteiger partial charge is 0.226 e. The molecule has 0 bridgehead atoms. The van der Waals surface area contributed by atoms with Crippen molar-refractivity contribution >= 4 is 52.0 Å². The van der Waals surface area contributed by atoms with E-state index in [9.17, 15) is 4.79 Å². The molecule has 2 aromatic heterocycles. The number of rotatable bonds is 4. The highest BCUT2D eigenvalue weighted by Crippen LogP contribution is 2.39. The van der Waals surface area contributed by atoms with Crippen LogP contribution in [0.4, 0.5) is 0 Å². The molecule has 140 valence electrons. The molecule has 4 rings (SSSR count). The summed E-state index contributed by atoms with van der Waals surface area (Å²) in [6.07, 6.45) is 2.34. The zero-order valence-corrected chi connectivity index (χ0v) is 17.5. The van der Waals surface area contributed by atoms with E-state index in [1.54, 1.807) is 11.3 Å². The molecule has 1 amide bonds. The number of carbonyl (C=O) groups excluding carboxylic acids is 1. The summed E-state index contributed by atoms with van der Waals surface area (Å²) >= 11 is 15.1. The Morgan fingerprint density at radius 3 is 2.59 bits per heavy atom. The van der Waals surface area contributed by atoms with E-state index in [4.69, 9.17) is 28.2 Å². The molecule has 0 radical (unpaired) electrons. The van der Waals surface area contributed by atoms with Gasteiger partial charge >= 0.3 is 0 Å². The van der Waals surface area contributed by atoms with Crippen LogP contribution in [0, 0.1) is 0 Å². The molecule has 1 aliphatic rings. The topological polar surface area (TPSA) is 46.1 Å². The Balaban J connectivity index is 1.37. The lowest BCUT2D eigenvalue weighted by molar-refractivity contribution is -0.131. The third kappa shape index (κ3) is 4.19. The fraction of sp³-hybridized carbons (Fsp3) is 0.316. The number of hydrogen-bond acceptors (Lipinski definition) is 5. The summed E-state index contributed by atoms with van der Waals surface area (Å²) in [6.45, 7) is 1.55. The van der Waals surface area contributed by atoms with E-state index in [-0.39, 0.29) is 5.91 Å². The number of hydrogen-bond donors (Lipinski definition) is 0. The van der Waals surface area contributed by atoms with Crippen LogP contribution in [0.2, 0.25) is 10.2 Å². The van der Waals surface area contributed by atoms with Crippen LogP contribution in [0.1, 0.15) is 29.3 Å². The van der Waals surface area contributed by atoms with Gasteiger partial charge in [0, 0.05) is 24.4 Å². The maximum absolute atomic E-state index is 12.5. The molecule has 0 atom stereocenters. The first kappa shape index (κ1) is 18.9. The van der Waals surface area contributed by atoms with Crippen LogP contribution in [0.3, 0.4) is 0 Å². The molecule has 4 nitrogen and oxygen atoms in total. The highest BCUT2D eigenvalue weighted by Gasteiger charge is 2.26. The molecule has 8 heteroatoms. The van der Waals surface area contributed by atoms with Crippen LogP contribution in [0.5, 0.6) is 0 Å². The Hall–Kier alpha value is -1.47. The molecule has 1 aromatic carbocycles. The van der Waals surface area contributed by atoms with Crippen molar-refractivity contribution < 1.29 is 4.79 Å². The van der Waals surface area contributed by atoms with Gasteiger partial charge in [-0.15, -0.1) is 11.3 Å². The van der Waals surface area contributed by atoms with Crippen molar-refractivity contribution in [1.82, 2.24) is 14.3 Å². The Bertz CT molecular complexity index is 934. The molecule has 27 heavy (non-hydrogen) atoms. The highest BCUT2D eigenvalue weighted by molar-refractivity contribution is 7.12. The predicted molar refractivity (Wildman–Crippen MR) is 112 cm³/mol. The van der Waals surface area contributed by atoms with Crippen LogP contribution < -0.4 is 0 Å². The number of halogens is 2. The van der Waals surface area contributed by atoms with Gasteiger partial charge in [-0.1, -0.05) is 53.5 Å². The van der Waals surface area contributed by atoms with E-state index >= 15 is 0 Å². The third-order valence-corrected chi connectivity index (χ3v) is 7.57. The molecule has 3 aromatic rings. The zero-order valence-electron chi connectivity index (χ0n) is 14.4. The Kier molecular flexibility index (Phi) is 5.78. The number of thiazole rings is 1. The SMILES string of the molecule is O=C(Cc1ccccc1)N1CCC(c2nc(-c3snc(Cl)c3Cl)cs2)CC1. The first-order chi connectivity index (χ1) is 13.1. The first-order valence-electron chi connectivity index (χ1n) is 8.70. The van der Waals surface area contributed by atoms with Crippen molar-refractivity contribution in [1.29, 1.82) is 0 Å². The number of nitrogens with zero attached hydrogens (tertiary/aromatic N) is 3. The second-order valence-corrected chi connectivity index (χ2v) is 8.90. The second-order valence-electron chi connectivity index (χ2n) is 6.50. The lowest BCUT2D eigenvalue weighted by Gasteiger charge is -2.31. The molecule has 0 saturated carbocycles. The fourth-order valence-corrected chi connectivity index (χ4v) is 5.50. The molecule has 1 fully saturated rings. The standard InChI is InChI=1S/C19H17Cl2N3OS2/c20-16-17(27-23-18(16)21)14-11-26-19(22-14)13-6-8-24(9-7-13)15(25)10-12-4-2-1-3-5-12/h1-5,11,13H,6-10H2. The van der Waals surface area contributed by atoms with E-state index in [0.29, 0.717) is 22.5 Å². The average molecular weight is 438 g/mol. The summed E-state index contributed by atoms with van der Waals surface area (Å²) < 4.78 is 4.07. The maximum atomic E-state index is 12.5. The van der Waals surface area contributed by atoms with Crippen LogP contribution in [-0.4, -0.2) is 33.3 Å². The van der Waals surface area contributed by atoms with Gasteiger partial charge in [0.25, 0.3) is 0 Å². The summed E-state index contributed by atoms with van der Waals surface area (Å²) in [5, 5.41) is 3.91. The molecule has 1 saturated heterocycles. The van der Waals surface area contributed by atoms with Gasteiger partial charge in [-0.05, 0) is 29.9 Å². The van der Waals surface area contributed by atoms with Gasteiger partial charge in [0.1, 0.15) is 0 Å². The predicted octanol–water partition coefficient (Wildman–Crippen LogP) is 5.52. The third-order valence-electron chi connectivity index (χ3n) is 4.75. The quantitative estimate of drug-likeness (QED) is 0.539. The Morgan fingerprint density at radius 2 is 1.93 bits per heavy atom. The Morgan fingerprint density at radius 1 is 1.19 bits per heavy atom. The minimum atomic E-state index is 0.200. The molecule has 0 unspecified atom stereocenters. The van der Waals surface area contributed by atoms with Crippen molar-refractivity contribution in [2.45, 2.75) is 25.2 Å². The van der Waals surface area contributed by atoms with E-state index in [2.05, 4.69) is 4.37 Å². The molecule has 3 heterocycles. The monoisotopic (exact) mass is 437 g/mol. The lowest BCUT2D eigenvalue weighted by Crippen LogP contribution is -2.38. The van der Waals surface area contributed by atoms with E-state index in [1.165, 1.54) is 11.5 Å². The minimum absolute atomic E-state index is 0.200. The second kappa shape index (κ2) is 8.27. The van der Waals surface area contributed by atoms with Crippen molar-refractivity contribution in [3.05, 3.63) is 56.5 Å². The average Bonchev–Trinajstić information content (AvgIpc) is 3.30. The molecule has 0 spiro atoms. The van der Waals surface area contributed by atoms with Crippen LogP contribution in [0.25, 0.3) is 10.6 Å². The van der Waals surface area contributed by atoms with E-state index in [1.807, 2.05) is 40.6 Å². The van der Waals surface area contributed by atoms with Gasteiger partial charge in [-0.25, -0.2) is 4.98 Å². The largest absolute Gasteiger partial charge is 0.342 e. The summed E-state index contributed by atoms with van der Waals surface area (Å²) in [7, 11) is 0. The lowest BCUT2D eigenvalue weighted by atomic mass is 9.97. The zero-order chi connectivity index (χ0) is 18.8. The van der Waals surface area contributed by atoms with Crippen LogP contribution >= 0.6 is 46.1 Å². The highest BCUT2D eigenvalue weighted by atomic mass is 35.5. The van der Waals surface area contributed by atoms with Gasteiger partial charge in [0.05, 0.1) is 27.0 Å². The van der Waals surface area contributed by atoms with Gasteiger partial charge in [0.15, 0.2) is 5.15 Å². The number of amides is 1. The molecular formula is C19H17Cl2N3OS2. The summed E-state index contributed by atoms with van der Waals surface area (Å²) in [4.78, 5) is 20.1. The van der Waals surface area contributed by atoms with Crippen molar-refractivity contribution in [2.75, 3.05) is 13.1 Å². The van der Waals surface area contributed by atoms with Gasteiger partial charge in [-0.2, -0.15) is 4.37 Å². The van der Waals surface area contributed by atoms with Gasteiger partial charge < -0.3 is 4.90 Å². The number of benzene rings is 1. The maximum Gasteiger partial charge on any atom is 0.226 e. The number of piperidine rings is 1. The first-order valence-corrected chi connectivity index (χ1v) is 11.1. The van der Waals surface area contributed by atoms with Crippen LogP contribution in [-0.2, 0) is 11.2 Å². The molecule has 1 aliphatic heterocycles. The van der Waals surface area contributed by atoms with E-state index < -0.39 is 0 Å². The Labute approximate surface area is 175 Å². The molecular weight excluding hydrogens is 421 g/mol. The van der Waals surface area contributed by atoms with Gasteiger partial charge in [0.2, 0.25) is 5.91 Å². The molecule has 0 N–H and O–H groups in total. The summed E-state index contributed by atoms with van der Waals surface area (Å²) in [5.41, 5.74) is 1.90. The number of aromatic nitrogens is 2. The minimum Gasteiger partial charge on any atom is -0.342 e. The van der Waals surface area contributed by atoms with Crippen molar-refractivity contribution in [3.63, 3.8) is 0 Å². The van der Waals surface area contributed by atoms with E-state index in [0.717, 1.165) is 47.1 Å². The van der Waals surface area contributed by atoms with Crippen molar-refractivity contribution in [2.24, 2.45) is 0 Å². The van der Waals surface area contributed by atoms with Crippen LogP contribution in [0.15, 0.2) is 35.7 Å². The fourth-order valence-electron chi connectivity index (χ4n) is 3.26. The normalized spacial score (nSPS) is 15.3. The summed E-state index contributed by atoms with van der Waals surface area (Å²) in [5.74, 6) is 0.581.